The van der Waals surface area contributed by atoms with E-state index in [2.05, 4.69) is 10.3 Å². The maximum Gasteiger partial charge on any atom is 0.339 e. The number of rotatable bonds is 4. The van der Waals surface area contributed by atoms with Crippen LogP contribution in [0.1, 0.15) is 23.2 Å². The predicted octanol–water partition coefficient (Wildman–Crippen LogP) is 1.37. The molecule has 5 nitrogen and oxygen atoms in total. The van der Waals surface area contributed by atoms with Gasteiger partial charge in [0.15, 0.2) is 0 Å². The number of pyridine rings is 1. The molecule has 1 saturated carbocycles. The predicted molar refractivity (Wildman–Crippen MR) is 58.6 cm³/mol. The van der Waals surface area contributed by atoms with Crippen LogP contribution in [-0.2, 0) is 4.74 Å². The number of anilines is 1. The number of methoxy groups -OCH3 is 1. The van der Waals surface area contributed by atoms with Crippen molar-refractivity contribution in [3.63, 3.8) is 0 Å². The summed E-state index contributed by atoms with van der Waals surface area (Å²) in [6.45, 7) is 0. The molecule has 16 heavy (non-hydrogen) atoms. The molecule has 86 valence electrons. The summed E-state index contributed by atoms with van der Waals surface area (Å²) in [6, 6.07) is 3.43. The van der Waals surface area contributed by atoms with E-state index in [4.69, 9.17) is 9.84 Å². The van der Waals surface area contributed by atoms with Crippen molar-refractivity contribution in [2.24, 2.45) is 0 Å². The number of hydrogen-bond donors (Lipinski definition) is 2. The third-order valence-corrected chi connectivity index (χ3v) is 2.81. The van der Waals surface area contributed by atoms with Gasteiger partial charge in [-0.15, -0.1) is 0 Å². The summed E-state index contributed by atoms with van der Waals surface area (Å²) in [4.78, 5) is 15.0. The third-order valence-electron chi connectivity index (χ3n) is 2.81. The molecule has 2 N–H and O–H groups in total. The fourth-order valence-electron chi connectivity index (χ4n) is 1.76. The highest BCUT2D eigenvalue weighted by molar-refractivity contribution is 5.93. The number of carbonyl (C=O) groups is 1. The fourth-order valence-corrected chi connectivity index (χ4v) is 1.76. The van der Waals surface area contributed by atoms with E-state index in [1.54, 1.807) is 25.4 Å². The lowest BCUT2D eigenvalue weighted by molar-refractivity contribution is 0.0327. The van der Waals surface area contributed by atoms with E-state index in [1.165, 1.54) is 0 Å². The maximum atomic E-state index is 10.9. The number of carboxylic acid groups (broad SMARTS) is 1. The molecule has 1 aromatic heterocycles. The van der Waals surface area contributed by atoms with Crippen molar-refractivity contribution in [1.82, 2.24) is 4.98 Å². The molecule has 2 rings (SSSR count). The summed E-state index contributed by atoms with van der Waals surface area (Å²) >= 11 is 0. The molecule has 1 aliphatic rings. The van der Waals surface area contributed by atoms with E-state index >= 15 is 0 Å². The average Bonchev–Trinajstić information content (AvgIpc) is 2.23. The van der Waals surface area contributed by atoms with Crippen LogP contribution in [0, 0.1) is 0 Å². The minimum atomic E-state index is -0.960. The molecule has 5 heteroatoms. The Balaban J connectivity index is 2.02. The number of nitrogens with one attached hydrogen (secondary N) is 1. The Morgan fingerprint density at radius 1 is 1.62 bits per heavy atom. The van der Waals surface area contributed by atoms with Gasteiger partial charge in [-0.05, 0) is 25.0 Å². The molecule has 0 saturated heterocycles. The highest BCUT2D eigenvalue weighted by atomic mass is 16.5. The summed E-state index contributed by atoms with van der Waals surface area (Å²) in [5.41, 5.74) is 0.211. The summed E-state index contributed by atoms with van der Waals surface area (Å²) in [5, 5.41) is 12.1. The normalized spacial score (nSPS) is 23.6. The molecule has 0 spiro atoms. The van der Waals surface area contributed by atoms with Gasteiger partial charge in [-0.1, -0.05) is 0 Å². The van der Waals surface area contributed by atoms with Gasteiger partial charge in [0.05, 0.1) is 6.10 Å². The first-order valence-electron chi connectivity index (χ1n) is 5.18. The van der Waals surface area contributed by atoms with E-state index < -0.39 is 5.97 Å². The van der Waals surface area contributed by atoms with Crippen molar-refractivity contribution in [3.8, 4) is 0 Å². The van der Waals surface area contributed by atoms with Crippen LogP contribution in [0.5, 0.6) is 0 Å². The number of carboxylic acids is 1. The SMILES string of the molecule is COC1CC(Nc2ncccc2C(=O)O)C1. The second-order valence-corrected chi connectivity index (χ2v) is 3.88. The van der Waals surface area contributed by atoms with Gasteiger partial charge in [0.1, 0.15) is 11.4 Å². The molecular formula is C11H14N2O3. The number of aromatic nitrogens is 1. The van der Waals surface area contributed by atoms with Gasteiger partial charge < -0.3 is 15.2 Å². The molecule has 0 aliphatic heterocycles. The minimum Gasteiger partial charge on any atom is -0.478 e. The van der Waals surface area contributed by atoms with E-state index in [1.807, 2.05) is 0 Å². The number of nitrogens with zero attached hydrogens (tertiary/aromatic N) is 1. The van der Waals surface area contributed by atoms with Gasteiger partial charge in [0, 0.05) is 19.3 Å². The molecule has 1 aliphatic carbocycles. The average molecular weight is 222 g/mol. The zero-order valence-corrected chi connectivity index (χ0v) is 9.01. The lowest BCUT2D eigenvalue weighted by Gasteiger charge is -2.35. The van der Waals surface area contributed by atoms with Crippen LogP contribution >= 0.6 is 0 Å². The van der Waals surface area contributed by atoms with Crippen molar-refractivity contribution >= 4 is 11.8 Å². The first-order valence-corrected chi connectivity index (χ1v) is 5.18. The summed E-state index contributed by atoms with van der Waals surface area (Å²) < 4.78 is 5.16. The van der Waals surface area contributed by atoms with E-state index in [9.17, 15) is 4.79 Å². The van der Waals surface area contributed by atoms with Gasteiger partial charge in [-0.2, -0.15) is 0 Å². The van der Waals surface area contributed by atoms with Gasteiger partial charge in [-0.25, -0.2) is 9.78 Å². The Hall–Kier alpha value is -1.62. The number of aromatic carboxylic acids is 1. The molecule has 0 bridgehead atoms. The Kier molecular flexibility index (Phi) is 3.05. The molecule has 0 aromatic carbocycles. The second kappa shape index (κ2) is 4.49. The molecular weight excluding hydrogens is 208 g/mol. The van der Waals surface area contributed by atoms with E-state index in [0.29, 0.717) is 5.82 Å². The van der Waals surface area contributed by atoms with Crippen LogP contribution in [0.3, 0.4) is 0 Å². The fraction of sp³-hybridized carbons (Fsp3) is 0.455. The summed E-state index contributed by atoms with van der Waals surface area (Å²) in [7, 11) is 1.68. The Morgan fingerprint density at radius 2 is 2.38 bits per heavy atom. The summed E-state index contributed by atoms with van der Waals surface area (Å²) in [5.74, 6) is -0.521. The molecule has 1 heterocycles. The molecule has 1 fully saturated rings. The van der Waals surface area contributed by atoms with Crippen LogP contribution < -0.4 is 5.32 Å². The van der Waals surface area contributed by atoms with Crippen LogP contribution in [0.2, 0.25) is 0 Å². The quantitative estimate of drug-likeness (QED) is 0.805. The highest BCUT2D eigenvalue weighted by Crippen LogP contribution is 2.26. The van der Waals surface area contributed by atoms with Crippen molar-refractivity contribution < 1.29 is 14.6 Å². The lowest BCUT2D eigenvalue weighted by Crippen LogP contribution is -2.40. The molecule has 0 radical (unpaired) electrons. The Bertz CT molecular complexity index is 389. The topological polar surface area (TPSA) is 71.5 Å². The largest absolute Gasteiger partial charge is 0.478 e. The zero-order chi connectivity index (χ0) is 11.5. The van der Waals surface area contributed by atoms with Gasteiger partial charge in [0.25, 0.3) is 0 Å². The smallest absolute Gasteiger partial charge is 0.339 e. The van der Waals surface area contributed by atoms with Gasteiger partial charge in [-0.3, -0.25) is 0 Å². The van der Waals surface area contributed by atoms with Gasteiger partial charge >= 0.3 is 5.97 Å². The van der Waals surface area contributed by atoms with Crippen molar-refractivity contribution in [2.45, 2.75) is 25.0 Å². The van der Waals surface area contributed by atoms with Crippen LogP contribution in [-0.4, -0.2) is 35.3 Å². The van der Waals surface area contributed by atoms with Crippen LogP contribution in [0.25, 0.3) is 0 Å². The number of hydrogen-bond acceptors (Lipinski definition) is 4. The molecule has 0 amide bonds. The lowest BCUT2D eigenvalue weighted by atomic mass is 9.89. The minimum absolute atomic E-state index is 0.211. The second-order valence-electron chi connectivity index (χ2n) is 3.88. The molecule has 0 unspecified atom stereocenters. The molecule has 1 aromatic rings. The highest BCUT2D eigenvalue weighted by Gasteiger charge is 2.29. The zero-order valence-electron chi connectivity index (χ0n) is 9.01. The van der Waals surface area contributed by atoms with Crippen molar-refractivity contribution in [2.75, 3.05) is 12.4 Å². The van der Waals surface area contributed by atoms with E-state index in [-0.39, 0.29) is 17.7 Å². The van der Waals surface area contributed by atoms with E-state index in [0.717, 1.165) is 12.8 Å². The maximum absolute atomic E-state index is 10.9. The van der Waals surface area contributed by atoms with Gasteiger partial charge in [0.2, 0.25) is 0 Å². The Labute approximate surface area is 93.5 Å². The number of ether oxygens (including phenoxy) is 1. The van der Waals surface area contributed by atoms with Crippen molar-refractivity contribution in [3.05, 3.63) is 23.9 Å². The Morgan fingerprint density at radius 3 is 3.00 bits per heavy atom. The monoisotopic (exact) mass is 222 g/mol. The molecule has 0 atom stereocenters. The first kappa shape index (κ1) is 10.9. The first-order chi connectivity index (χ1) is 7.70. The van der Waals surface area contributed by atoms with Crippen LogP contribution in [0.4, 0.5) is 5.82 Å². The van der Waals surface area contributed by atoms with Crippen molar-refractivity contribution in [1.29, 1.82) is 0 Å². The third kappa shape index (κ3) is 2.14. The summed E-state index contributed by atoms with van der Waals surface area (Å²) in [6.07, 6.45) is 3.66. The van der Waals surface area contributed by atoms with Crippen LogP contribution in [0.15, 0.2) is 18.3 Å². The standard InChI is InChI=1S/C11H14N2O3/c1-16-8-5-7(6-8)13-10-9(11(14)15)3-2-4-12-10/h2-4,7-8H,5-6H2,1H3,(H,12,13)(H,14,15).